The molecule has 0 heterocycles. The topological polar surface area (TPSA) is 15.3 Å². The Balaban J connectivity index is 2.46. The first-order chi connectivity index (χ1) is 7.61. The molecule has 1 atom stereocenters. The zero-order chi connectivity index (χ0) is 12.0. The Bertz CT molecular complexity index is 290. The van der Waals surface area contributed by atoms with Crippen molar-refractivity contribution < 1.29 is 0 Å². The standard InChI is InChI=1S/C14H24N2/c1-12-5-7-13(8-6-12)11-14(15-2)9-10-16(3)4/h5-8,14-15H,9-11H2,1-4H3. The summed E-state index contributed by atoms with van der Waals surface area (Å²) in [7, 11) is 6.30. The van der Waals surface area contributed by atoms with Crippen LogP contribution in [0.1, 0.15) is 17.5 Å². The van der Waals surface area contributed by atoms with Crippen LogP contribution in [0.15, 0.2) is 24.3 Å². The Morgan fingerprint density at radius 1 is 1.19 bits per heavy atom. The molecule has 1 rings (SSSR count). The Morgan fingerprint density at radius 3 is 2.31 bits per heavy atom. The molecule has 0 aliphatic rings. The van der Waals surface area contributed by atoms with Crippen LogP contribution in [0.2, 0.25) is 0 Å². The predicted octanol–water partition coefficient (Wildman–Crippen LogP) is 2.08. The van der Waals surface area contributed by atoms with Crippen LogP contribution in [0.25, 0.3) is 0 Å². The van der Waals surface area contributed by atoms with Crippen LogP contribution in [-0.2, 0) is 6.42 Å². The molecule has 0 spiro atoms. The van der Waals surface area contributed by atoms with Gasteiger partial charge in [-0.05, 0) is 53.0 Å². The second-order valence-corrected chi connectivity index (χ2v) is 4.77. The summed E-state index contributed by atoms with van der Waals surface area (Å²) in [6, 6.07) is 9.41. The molecule has 16 heavy (non-hydrogen) atoms. The number of aryl methyl sites for hydroxylation is 1. The van der Waals surface area contributed by atoms with Crippen LogP contribution < -0.4 is 5.32 Å². The van der Waals surface area contributed by atoms with Gasteiger partial charge in [-0.2, -0.15) is 0 Å². The Kier molecular flexibility index (Phi) is 5.50. The quantitative estimate of drug-likeness (QED) is 0.789. The van der Waals surface area contributed by atoms with Gasteiger partial charge in [0.15, 0.2) is 0 Å². The normalized spacial score (nSPS) is 13.1. The molecule has 0 bridgehead atoms. The number of likely N-dealkylation sites (N-methyl/N-ethyl adjacent to an activating group) is 1. The van der Waals surface area contributed by atoms with E-state index in [1.807, 2.05) is 0 Å². The Hall–Kier alpha value is -0.860. The van der Waals surface area contributed by atoms with Crippen molar-refractivity contribution in [3.8, 4) is 0 Å². The van der Waals surface area contributed by atoms with Gasteiger partial charge in [-0.25, -0.2) is 0 Å². The highest BCUT2D eigenvalue weighted by atomic mass is 15.1. The van der Waals surface area contributed by atoms with Crippen molar-refractivity contribution in [3.05, 3.63) is 35.4 Å². The highest BCUT2D eigenvalue weighted by Gasteiger charge is 2.07. The smallest absolute Gasteiger partial charge is 0.0117 e. The molecule has 1 aromatic rings. The molecule has 0 radical (unpaired) electrons. The summed E-state index contributed by atoms with van der Waals surface area (Å²) in [4.78, 5) is 2.24. The third kappa shape index (κ3) is 4.77. The lowest BCUT2D eigenvalue weighted by Crippen LogP contribution is -2.31. The average molecular weight is 220 g/mol. The fraction of sp³-hybridized carbons (Fsp3) is 0.571. The van der Waals surface area contributed by atoms with E-state index in [-0.39, 0.29) is 0 Å². The summed E-state index contributed by atoms with van der Waals surface area (Å²) in [6.45, 7) is 3.27. The lowest BCUT2D eigenvalue weighted by atomic mass is 10.0. The van der Waals surface area contributed by atoms with Crippen molar-refractivity contribution in [1.29, 1.82) is 0 Å². The van der Waals surface area contributed by atoms with Crippen molar-refractivity contribution >= 4 is 0 Å². The van der Waals surface area contributed by atoms with Gasteiger partial charge in [0, 0.05) is 6.04 Å². The molecule has 0 amide bonds. The summed E-state index contributed by atoms with van der Waals surface area (Å²) >= 11 is 0. The third-order valence-electron chi connectivity index (χ3n) is 2.94. The number of nitrogens with zero attached hydrogens (tertiary/aromatic N) is 1. The monoisotopic (exact) mass is 220 g/mol. The molecule has 0 aliphatic carbocycles. The molecule has 2 nitrogen and oxygen atoms in total. The van der Waals surface area contributed by atoms with Crippen molar-refractivity contribution in [3.63, 3.8) is 0 Å². The van der Waals surface area contributed by atoms with Gasteiger partial charge >= 0.3 is 0 Å². The summed E-state index contributed by atoms with van der Waals surface area (Å²) in [5.41, 5.74) is 2.75. The van der Waals surface area contributed by atoms with E-state index in [9.17, 15) is 0 Å². The van der Waals surface area contributed by atoms with Crippen LogP contribution in [0.5, 0.6) is 0 Å². The first-order valence-electron chi connectivity index (χ1n) is 5.99. The second-order valence-electron chi connectivity index (χ2n) is 4.77. The maximum absolute atomic E-state index is 3.39. The zero-order valence-corrected chi connectivity index (χ0v) is 11.0. The van der Waals surface area contributed by atoms with E-state index in [4.69, 9.17) is 0 Å². The molecule has 0 saturated carbocycles. The molecule has 1 aromatic carbocycles. The molecule has 1 unspecified atom stereocenters. The van der Waals surface area contributed by atoms with Crippen molar-refractivity contribution in [1.82, 2.24) is 10.2 Å². The number of rotatable bonds is 6. The Labute approximate surface area is 99.7 Å². The number of hydrogen-bond acceptors (Lipinski definition) is 2. The van der Waals surface area contributed by atoms with Crippen LogP contribution in [0, 0.1) is 6.92 Å². The van der Waals surface area contributed by atoms with Gasteiger partial charge in [-0.15, -0.1) is 0 Å². The summed E-state index contributed by atoms with van der Waals surface area (Å²) in [5.74, 6) is 0. The van der Waals surface area contributed by atoms with E-state index in [0.717, 1.165) is 13.0 Å². The first kappa shape index (κ1) is 13.2. The van der Waals surface area contributed by atoms with Gasteiger partial charge in [0.05, 0.1) is 0 Å². The SMILES string of the molecule is CNC(CCN(C)C)Cc1ccc(C)cc1. The van der Waals surface area contributed by atoms with E-state index in [0.29, 0.717) is 6.04 Å². The minimum absolute atomic E-state index is 0.574. The molecule has 2 heteroatoms. The molecule has 90 valence electrons. The molecule has 0 aliphatic heterocycles. The molecule has 0 fully saturated rings. The predicted molar refractivity (Wildman–Crippen MR) is 70.9 cm³/mol. The van der Waals surface area contributed by atoms with E-state index in [1.165, 1.54) is 17.5 Å². The van der Waals surface area contributed by atoms with E-state index < -0.39 is 0 Å². The molecule has 1 N–H and O–H groups in total. The van der Waals surface area contributed by atoms with Gasteiger partial charge in [0.1, 0.15) is 0 Å². The van der Waals surface area contributed by atoms with Gasteiger partial charge in [0.25, 0.3) is 0 Å². The summed E-state index contributed by atoms with van der Waals surface area (Å²) in [6.07, 6.45) is 2.31. The minimum Gasteiger partial charge on any atom is -0.317 e. The van der Waals surface area contributed by atoms with Crippen molar-refractivity contribution in [2.45, 2.75) is 25.8 Å². The second kappa shape index (κ2) is 6.66. The lowest BCUT2D eigenvalue weighted by molar-refractivity contribution is 0.364. The van der Waals surface area contributed by atoms with Gasteiger partial charge < -0.3 is 10.2 Å². The third-order valence-corrected chi connectivity index (χ3v) is 2.94. The zero-order valence-electron chi connectivity index (χ0n) is 11.0. The van der Waals surface area contributed by atoms with Gasteiger partial charge in [-0.3, -0.25) is 0 Å². The number of hydrogen-bond donors (Lipinski definition) is 1. The largest absolute Gasteiger partial charge is 0.317 e. The number of nitrogens with one attached hydrogen (secondary N) is 1. The minimum atomic E-state index is 0.574. The van der Waals surface area contributed by atoms with Crippen LogP contribution in [0.3, 0.4) is 0 Å². The fourth-order valence-corrected chi connectivity index (χ4v) is 1.77. The summed E-state index contributed by atoms with van der Waals surface area (Å²) in [5, 5.41) is 3.39. The fourth-order valence-electron chi connectivity index (χ4n) is 1.77. The number of benzene rings is 1. The Morgan fingerprint density at radius 2 is 1.81 bits per heavy atom. The maximum atomic E-state index is 3.39. The van der Waals surface area contributed by atoms with E-state index in [2.05, 4.69) is 62.5 Å². The van der Waals surface area contributed by atoms with Crippen LogP contribution >= 0.6 is 0 Å². The maximum Gasteiger partial charge on any atom is 0.0117 e. The molecular formula is C14H24N2. The van der Waals surface area contributed by atoms with Crippen molar-refractivity contribution in [2.75, 3.05) is 27.7 Å². The highest BCUT2D eigenvalue weighted by molar-refractivity contribution is 5.22. The van der Waals surface area contributed by atoms with E-state index >= 15 is 0 Å². The first-order valence-corrected chi connectivity index (χ1v) is 5.99. The molecule has 0 aromatic heterocycles. The van der Waals surface area contributed by atoms with Crippen molar-refractivity contribution in [2.24, 2.45) is 0 Å². The lowest BCUT2D eigenvalue weighted by Gasteiger charge is -2.18. The average Bonchev–Trinajstić information content (AvgIpc) is 2.26. The van der Waals surface area contributed by atoms with Crippen LogP contribution in [0.4, 0.5) is 0 Å². The summed E-state index contributed by atoms with van der Waals surface area (Å²) < 4.78 is 0. The van der Waals surface area contributed by atoms with Crippen LogP contribution in [-0.4, -0.2) is 38.6 Å². The van der Waals surface area contributed by atoms with E-state index in [1.54, 1.807) is 0 Å². The van der Waals surface area contributed by atoms with Gasteiger partial charge in [-0.1, -0.05) is 29.8 Å². The molecule has 0 saturated heterocycles. The molecular weight excluding hydrogens is 196 g/mol. The highest BCUT2D eigenvalue weighted by Crippen LogP contribution is 2.08. The van der Waals surface area contributed by atoms with Gasteiger partial charge in [0.2, 0.25) is 0 Å².